The second-order valence-electron chi connectivity index (χ2n) is 11.5. The van der Waals surface area contributed by atoms with Crippen LogP contribution in [0.4, 0.5) is 0 Å². The van der Waals surface area contributed by atoms with Crippen LogP contribution in [-0.2, 0) is 37.5 Å². The lowest BCUT2D eigenvalue weighted by molar-refractivity contribution is -0.977. The van der Waals surface area contributed by atoms with Gasteiger partial charge in [-0.15, -0.1) is 10.1 Å². The van der Waals surface area contributed by atoms with E-state index in [1.165, 1.54) is 16.4 Å². The number of nitrogens with zero attached hydrogens (tertiary/aromatic N) is 6. The molecule has 0 radical (unpaired) electrons. The van der Waals surface area contributed by atoms with Crippen molar-refractivity contribution in [2.24, 2.45) is 0 Å². The third-order valence-corrected chi connectivity index (χ3v) is 10.2. The number of aromatic amines is 1. The lowest BCUT2D eigenvalue weighted by Crippen LogP contribution is -2.58. The molecule has 0 spiro atoms. The van der Waals surface area contributed by atoms with E-state index in [4.69, 9.17) is 14.6 Å². The number of H-pyrrole nitrogens is 1. The molecule has 1 aliphatic heterocycles. The van der Waals surface area contributed by atoms with Crippen LogP contribution in [0.1, 0.15) is 52.0 Å². The summed E-state index contributed by atoms with van der Waals surface area (Å²) in [4.78, 5) is 59.2. The molecule has 3 heterocycles. The minimum atomic E-state index is -4.16. The highest BCUT2D eigenvalue weighted by atomic mass is 32.2. The van der Waals surface area contributed by atoms with Crippen molar-refractivity contribution in [2.45, 2.75) is 76.4 Å². The van der Waals surface area contributed by atoms with Gasteiger partial charge < -0.3 is 19.1 Å². The fourth-order valence-corrected chi connectivity index (χ4v) is 7.45. The maximum Gasteiger partial charge on any atom is 0.477 e. The quantitative estimate of drug-likeness (QED) is 0.151. The number of hydrogen-bond donors (Lipinski definition) is 1. The molecule has 3 aromatic rings. The van der Waals surface area contributed by atoms with E-state index in [0.29, 0.717) is 41.9 Å². The van der Waals surface area contributed by atoms with Crippen LogP contribution < -0.4 is 10.3 Å². The molecule has 4 rings (SSSR count). The van der Waals surface area contributed by atoms with Gasteiger partial charge in [0.05, 0.1) is 29.2 Å². The van der Waals surface area contributed by atoms with Crippen LogP contribution in [0.15, 0.2) is 34.1 Å². The van der Waals surface area contributed by atoms with Crippen molar-refractivity contribution in [1.29, 1.82) is 0 Å². The van der Waals surface area contributed by atoms with Gasteiger partial charge in [0.1, 0.15) is 22.0 Å². The summed E-state index contributed by atoms with van der Waals surface area (Å²) >= 11 is 0. The Morgan fingerprint density at radius 3 is 2.33 bits per heavy atom. The molecule has 17 nitrogen and oxygen atoms in total. The second-order valence-corrected chi connectivity index (χ2v) is 13.4. The summed E-state index contributed by atoms with van der Waals surface area (Å²) in [5.74, 6) is 0.555. The number of hydrogen-bond acceptors (Lipinski definition) is 12. The van der Waals surface area contributed by atoms with E-state index < -0.39 is 27.2 Å². The van der Waals surface area contributed by atoms with Crippen molar-refractivity contribution in [3.05, 3.63) is 55.3 Å². The third kappa shape index (κ3) is 8.22. The Morgan fingerprint density at radius 1 is 1.04 bits per heavy atom. The van der Waals surface area contributed by atoms with Gasteiger partial charge in [0, 0.05) is 44.3 Å². The third-order valence-electron chi connectivity index (χ3n) is 8.39. The molecule has 0 unspecified atom stereocenters. The zero-order valence-corrected chi connectivity index (χ0v) is 28.7. The molecule has 1 N–H and O–H groups in total. The number of ether oxygens (including phenoxy) is 1. The van der Waals surface area contributed by atoms with Crippen molar-refractivity contribution >= 4 is 21.1 Å². The molecule has 1 aromatic carbocycles. The van der Waals surface area contributed by atoms with Crippen LogP contribution >= 0.6 is 0 Å². The maximum absolute atomic E-state index is 14.3. The molecule has 0 saturated carbocycles. The Kier molecular flexibility index (Phi) is 12.3. The highest BCUT2D eigenvalue weighted by Crippen LogP contribution is 2.34. The smallest absolute Gasteiger partial charge is 0.477 e. The minimum Gasteiger partial charge on any atom is -0.493 e. The first-order valence-electron chi connectivity index (χ1n) is 16.0. The molecule has 2 atom stereocenters. The van der Waals surface area contributed by atoms with Crippen LogP contribution in [0.3, 0.4) is 0 Å². The van der Waals surface area contributed by atoms with Crippen LogP contribution in [0.25, 0.3) is 22.4 Å². The molecular formula is C30H44N7O10S+. The fraction of sp³-hybridized carbons (Fsp3) is 0.600. The van der Waals surface area contributed by atoms with Gasteiger partial charge in [0.25, 0.3) is 10.6 Å². The number of benzene rings is 1. The predicted molar refractivity (Wildman–Crippen MR) is 174 cm³/mol. The molecule has 48 heavy (non-hydrogen) atoms. The van der Waals surface area contributed by atoms with Crippen LogP contribution in [0.2, 0.25) is 0 Å². The highest BCUT2D eigenvalue weighted by Gasteiger charge is 2.38. The van der Waals surface area contributed by atoms with Crippen LogP contribution in [0.5, 0.6) is 5.75 Å². The van der Waals surface area contributed by atoms with Gasteiger partial charge in [0.15, 0.2) is 13.7 Å². The zero-order chi connectivity index (χ0) is 35.0. The Hall–Kier alpha value is -4.29. The van der Waals surface area contributed by atoms with Gasteiger partial charge in [-0.3, -0.25) is 9.69 Å². The van der Waals surface area contributed by atoms with Crippen molar-refractivity contribution in [1.82, 2.24) is 23.7 Å². The van der Waals surface area contributed by atoms with E-state index in [9.17, 15) is 28.2 Å². The van der Waals surface area contributed by atoms with Gasteiger partial charge in [0.2, 0.25) is 10.0 Å². The highest BCUT2D eigenvalue weighted by molar-refractivity contribution is 7.89. The van der Waals surface area contributed by atoms with E-state index in [1.807, 2.05) is 36.4 Å². The summed E-state index contributed by atoms with van der Waals surface area (Å²) in [7, 11) is -1.22. The molecule has 1 aliphatic rings. The minimum absolute atomic E-state index is 0.0262. The largest absolute Gasteiger partial charge is 0.493 e. The number of aromatic nitrogens is 3. The van der Waals surface area contributed by atoms with E-state index >= 15 is 0 Å². The Bertz CT molecular complexity index is 1760. The Labute approximate surface area is 278 Å². The van der Waals surface area contributed by atoms with Gasteiger partial charge >= 0.3 is 5.09 Å². The number of aryl methyl sites for hydroxylation is 2. The van der Waals surface area contributed by atoms with Crippen molar-refractivity contribution < 1.29 is 37.8 Å². The Balaban J connectivity index is 1.75. The summed E-state index contributed by atoms with van der Waals surface area (Å²) < 4.78 is 37.7. The topological polar surface area (TPSA) is 191 Å². The molecule has 0 aliphatic carbocycles. The zero-order valence-electron chi connectivity index (χ0n) is 27.9. The number of likely N-dealkylation sites (N-methyl/N-ethyl adjacent to an activating group) is 1. The first-order chi connectivity index (χ1) is 22.9. The van der Waals surface area contributed by atoms with Gasteiger partial charge in [-0.05, 0) is 57.0 Å². The molecular weight excluding hydrogens is 650 g/mol. The molecule has 0 bridgehead atoms. The lowest BCUT2D eigenvalue weighted by atomic mass is 10.0. The summed E-state index contributed by atoms with van der Waals surface area (Å²) in [6.07, 6.45) is 4.63. The summed E-state index contributed by atoms with van der Waals surface area (Å²) in [6, 6.07) is 3.60. The van der Waals surface area contributed by atoms with Crippen LogP contribution in [-0.4, -0.2) is 101 Å². The number of sulfonamides is 1. The fourth-order valence-electron chi connectivity index (χ4n) is 5.91. The number of fused-ring (bicyclic) bond motifs is 1. The van der Waals surface area contributed by atoms with Crippen molar-refractivity contribution in [3.8, 4) is 17.1 Å². The average Bonchev–Trinajstić information content (AvgIpc) is 3.42. The van der Waals surface area contributed by atoms with Crippen molar-refractivity contribution in [3.63, 3.8) is 0 Å². The number of piperazine rings is 1. The second kappa shape index (κ2) is 16.2. The monoisotopic (exact) mass is 694 g/mol. The number of nitrogens with one attached hydrogen (secondary N) is 1. The van der Waals surface area contributed by atoms with Crippen LogP contribution in [0, 0.1) is 15.0 Å². The van der Waals surface area contributed by atoms with Gasteiger partial charge in [-0.1, -0.05) is 20.3 Å². The molecule has 1 fully saturated rings. The predicted octanol–water partition coefficient (Wildman–Crippen LogP) is 3.09. The molecule has 1 saturated heterocycles. The van der Waals surface area contributed by atoms with E-state index in [-0.39, 0.29) is 60.5 Å². The van der Waals surface area contributed by atoms with E-state index in [0.717, 1.165) is 25.5 Å². The van der Waals surface area contributed by atoms with Gasteiger partial charge in [-0.25, -0.2) is 13.4 Å². The first kappa shape index (κ1) is 36.5. The standard InChI is InChI=1S/C30H43N7O10S/c1-6-9-21-18-34(8-3)28-27(21)31-29(32-30(28)38)25-17-24(10-11-26(25)45-14-7-2)48(42,43)35-19-22(12-15-46-36(39)40)33(4)23(20-35)13-16-47-37(41)44-5/h10-11,17-18,22-23H,6-9,12-16,19-20H2,1-5H3/p+1/t22-,23+/m1/s1. The molecule has 18 heteroatoms. The molecule has 0 amide bonds. The number of rotatable bonds is 18. The van der Waals surface area contributed by atoms with Crippen molar-refractivity contribution in [2.75, 3.05) is 47.1 Å². The lowest BCUT2D eigenvalue weighted by Gasteiger charge is -2.44. The summed E-state index contributed by atoms with van der Waals surface area (Å²) in [6.45, 7) is 6.67. The first-order valence-corrected chi connectivity index (χ1v) is 17.4. The molecule has 2 aromatic heterocycles. The van der Waals surface area contributed by atoms with E-state index in [1.54, 1.807) is 13.1 Å². The Morgan fingerprint density at radius 2 is 1.73 bits per heavy atom. The maximum atomic E-state index is 14.3. The van der Waals surface area contributed by atoms with Gasteiger partial charge in [-0.2, -0.15) is 14.0 Å². The summed E-state index contributed by atoms with van der Waals surface area (Å²) in [5, 5.41) is 9.86. The SMILES string of the molecule is CCCOc1ccc(S(=O)(=O)N2C[C@@H](CCO[N+](=O)[O-])N(C)[C@@H](CCO[N+](=O)OC)C2)cc1-c1nc2c(CCC)cn(CC)c2c(=O)[nH]1. The average molecular weight is 695 g/mol. The summed E-state index contributed by atoms with van der Waals surface area (Å²) in [5.41, 5.74) is 1.91. The normalized spacial score (nSPS) is 17.4. The van der Waals surface area contributed by atoms with E-state index in [2.05, 4.69) is 14.7 Å². The molecule has 264 valence electrons.